The molecule has 1 rings (SSSR count). The molecule has 0 aromatic heterocycles. The third kappa shape index (κ3) is 4.32. The molecule has 1 aliphatic rings. The van der Waals surface area contributed by atoms with Crippen LogP contribution in [0.2, 0.25) is 0 Å². The Labute approximate surface area is 91.3 Å². The Morgan fingerprint density at radius 3 is 3.07 bits per heavy atom. The van der Waals surface area contributed by atoms with Crippen LogP contribution in [0.25, 0.3) is 0 Å². The zero-order valence-corrected chi connectivity index (χ0v) is 9.46. The maximum absolute atomic E-state index is 10.6. The zero-order chi connectivity index (χ0) is 11.1. The van der Waals surface area contributed by atoms with E-state index >= 15 is 0 Å². The summed E-state index contributed by atoms with van der Waals surface area (Å²) in [6, 6.07) is -0.567. The highest BCUT2D eigenvalue weighted by atomic mass is 16.2. The van der Waals surface area contributed by atoms with Crippen molar-refractivity contribution in [2.45, 2.75) is 51.9 Å². The lowest BCUT2D eigenvalue weighted by atomic mass is 9.84. The summed E-state index contributed by atoms with van der Waals surface area (Å²) in [5.74, 6) is 0.561. The molecular weight excluding hydrogens is 190 g/mol. The summed E-state index contributed by atoms with van der Waals surface area (Å²) in [6.45, 7) is 2.20. The summed E-state index contributed by atoms with van der Waals surface area (Å²) < 4.78 is 0. The highest BCUT2D eigenvalue weighted by molar-refractivity contribution is 5.88. The Hall–Kier alpha value is -1.06. The molecule has 2 amide bonds. The lowest BCUT2D eigenvalue weighted by Gasteiger charge is -2.23. The number of nitrogens with zero attached hydrogens (tertiary/aromatic N) is 1. The van der Waals surface area contributed by atoms with Gasteiger partial charge in [0.1, 0.15) is 0 Å². The predicted octanol–water partition coefficient (Wildman–Crippen LogP) is 2.39. The third-order valence-corrected chi connectivity index (χ3v) is 2.92. The number of carbonyl (C=O) groups is 1. The fourth-order valence-electron chi connectivity index (χ4n) is 2.10. The molecule has 1 unspecified atom stereocenters. The Morgan fingerprint density at radius 2 is 2.40 bits per heavy atom. The molecule has 0 aliphatic heterocycles. The third-order valence-electron chi connectivity index (χ3n) is 2.92. The van der Waals surface area contributed by atoms with Gasteiger partial charge in [0.25, 0.3) is 0 Å². The number of hydrogen-bond acceptors (Lipinski definition) is 2. The number of hydrogen-bond donors (Lipinski definition) is 2. The molecular formula is C11H21N3O. The molecule has 4 nitrogen and oxygen atoms in total. The Bertz CT molecular complexity index is 238. The first-order valence-corrected chi connectivity index (χ1v) is 5.86. The molecule has 0 saturated heterocycles. The van der Waals surface area contributed by atoms with Crippen molar-refractivity contribution in [1.82, 2.24) is 5.43 Å². The molecule has 0 bridgehead atoms. The van der Waals surface area contributed by atoms with E-state index in [9.17, 15) is 4.79 Å². The number of unbranched alkanes of at least 4 members (excludes halogenated alkanes) is 1. The first kappa shape index (κ1) is 12.0. The topological polar surface area (TPSA) is 67.5 Å². The van der Waals surface area contributed by atoms with Crippen LogP contribution in [0.15, 0.2) is 5.10 Å². The van der Waals surface area contributed by atoms with Crippen LogP contribution in [0.1, 0.15) is 51.9 Å². The van der Waals surface area contributed by atoms with E-state index in [1.807, 2.05) is 0 Å². The van der Waals surface area contributed by atoms with Crippen molar-refractivity contribution in [3.63, 3.8) is 0 Å². The summed E-state index contributed by atoms with van der Waals surface area (Å²) in [5, 5.41) is 4.11. The van der Waals surface area contributed by atoms with Crippen LogP contribution in [0.4, 0.5) is 4.79 Å². The molecule has 1 atom stereocenters. The molecule has 86 valence electrons. The van der Waals surface area contributed by atoms with E-state index in [1.165, 1.54) is 38.5 Å². The summed E-state index contributed by atoms with van der Waals surface area (Å²) in [7, 11) is 0. The van der Waals surface area contributed by atoms with Gasteiger partial charge in [0.15, 0.2) is 0 Å². The van der Waals surface area contributed by atoms with Gasteiger partial charge in [-0.1, -0.05) is 26.2 Å². The van der Waals surface area contributed by atoms with Gasteiger partial charge in [-0.25, -0.2) is 10.2 Å². The van der Waals surface area contributed by atoms with Crippen LogP contribution in [0.5, 0.6) is 0 Å². The number of rotatable bonds is 4. The molecule has 0 aromatic rings. The zero-order valence-electron chi connectivity index (χ0n) is 9.46. The van der Waals surface area contributed by atoms with Crippen molar-refractivity contribution >= 4 is 11.7 Å². The van der Waals surface area contributed by atoms with Gasteiger partial charge in [0.2, 0.25) is 0 Å². The summed E-state index contributed by atoms with van der Waals surface area (Å²) in [4.78, 5) is 10.6. The minimum atomic E-state index is -0.567. The quantitative estimate of drug-likeness (QED) is 0.689. The van der Waals surface area contributed by atoms with Crippen molar-refractivity contribution in [3.8, 4) is 0 Å². The van der Waals surface area contributed by atoms with Crippen LogP contribution in [-0.4, -0.2) is 11.7 Å². The van der Waals surface area contributed by atoms with Crippen LogP contribution < -0.4 is 11.2 Å². The van der Waals surface area contributed by atoms with E-state index in [0.29, 0.717) is 5.92 Å². The van der Waals surface area contributed by atoms with E-state index in [1.54, 1.807) is 0 Å². The van der Waals surface area contributed by atoms with Crippen LogP contribution in [0, 0.1) is 5.92 Å². The van der Waals surface area contributed by atoms with E-state index in [2.05, 4.69) is 17.5 Å². The second-order valence-electron chi connectivity index (χ2n) is 4.16. The monoisotopic (exact) mass is 211 g/mol. The first-order valence-electron chi connectivity index (χ1n) is 5.86. The van der Waals surface area contributed by atoms with E-state index in [-0.39, 0.29) is 0 Å². The number of hydrazone groups is 1. The standard InChI is InChI=1S/C11H21N3O/c1-2-3-6-9-7-4-5-8-10(9)13-14-11(12)15/h9H,2-8H2,1H3,(H3,12,14,15)/b13-10-. The second-order valence-corrected chi connectivity index (χ2v) is 4.16. The molecule has 0 radical (unpaired) electrons. The van der Waals surface area contributed by atoms with Gasteiger partial charge in [-0.15, -0.1) is 0 Å². The fraction of sp³-hybridized carbons (Fsp3) is 0.818. The number of nitrogens with one attached hydrogen (secondary N) is 1. The number of urea groups is 1. The molecule has 1 aliphatic carbocycles. The summed E-state index contributed by atoms with van der Waals surface area (Å²) >= 11 is 0. The van der Waals surface area contributed by atoms with Crippen molar-refractivity contribution in [2.24, 2.45) is 16.8 Å². The fourth-order valence-corrected chi connectivity index (χ4v) is 2.10. The molecule has 1 saturated carbocycles. The number of nitrogens with two attached hydrogens (primary N) is 1. The van der Waals surface area contributed by atoms with Crippen LogP contribution in [-0.2, 0) is 0 Å². The van der Waals surface area contributed by atoms with E-state index in [0.717, 1.165) is 12.1 Å². The first-order chi connectivity index (χ1) is 7.24. The van der Waals surface area contributed by atoms with Gasteiger partial charge in [-0.05, 0) is 31.6 Å². The van der Waals surface area contributed by atoms with Gasteiger partial charge < -0.3 is 5.73 Å². The van der Waals surface area contributed by atoms with Gasteiger partial charge in [0, 0.05) is 5.71 Å². The van der Waals surface area contributed by atoms with E-state index < -0.39 is 6.03 Å². The number of primary amides is 1. The van der Waals surface area contributed by atoms with Gasteiger partial charge in [0.05, 0.1) is 0 Å². The minimum Gasteiger partial charge on any atom is -0.350 e. The maximum Gasteiger partial charge on any atom is 0.332 e. The van der Waals surface area contributed by atoms with Crippen LogP contribution in [0.3, 0.4) is 0 Å². The molecule has 4 heteroatoms. The Balaban J connectivity index is 2.48. The Kier molecular flexibility index (Phi) is 5.15. The molecule has 0 aromatic carbocycles. The normalized spacial score (nSPS) is 24.1. The Morgan fingerprint density at radius 1 is 1.60 bits per heavy atom. The SMILES string of the molecule is CCCCC1CCCC/C1=N/NC(N)=O. The molecule has 3 N–H and O–H groups in total. The average Bonchev–Trinajstić information content (AvgIpc) is 2.24. The minimum absolute atomic E-state index is 0.561. The van der Waals surface area contributed by atoms with Crippen molar-refractivity contribution < 1.29 is 4.79 Å². The van der Waals surface area contributed by atoms with Crippen molar-refractivity contribution in [2.75, 3.05) is 0 Å². The summed E-state index contributed by atoms with van der Waals surface area (Å²) in [6.07, 6.45) is 8.32. The summed E-state index contributed by atoms with van der Waals surface area (Å²) in [5.41, 5.74) is 8.48. The smallest absolute Gasteiger partial charge is 0.332 e. The molecule has 0 spiro atoms. The molecule has 1 fully saturated rings. The number of amides is 2. The second kappa shape index (κ2) is 6.43. The lowest BCUT2D eigenvalue weighted by Crippen LogP contribution is -2.29. The van der Waals surface area contributed by atoms with Crippen molar-refractivity contribution in [1.29, 1.82) is 0 Å². The highest BCUT2D eigenvalue weighted by Gasteiger charge is 2.19. The number of carbonyl (C=O) groups excluding carboxylic acids is 1. The predicted molar refractivity (Wildman–Crippen MR) is 61.6 cm³/mol. The average molecular weight is 211 g/mol. The largest absolute Gasteiger partial charge is 0.350 e. The lowest BCUT2D eigenvalue weighted by molar-refractivity contribution is 0.249. The maximum atomic E-state index is 10.6. The molecule has 0 heterocycles. The van der Waals surface area contributed by atoms with E-state index in [4.69, 9.17) is 5.73 Å². The van der Waals surface area contributed by atoms with Crippen molar-refractivity contribution in [3.05, 3.63) is 0 Å². The molecule has 15 heavy (non-hydrogen) atoms. The van der Waals surface area contributed by atoms with Gasteiger partial charge in [-0.2, -0.15) is 5.10 Å². The van der Waals surface area contributed by atoms with Crippen LogP contribution >= 0.6 is 0 Å². The van der Waals surface area contributed by atoms with Gasteiger partial charge in [-0.3, -0.25) is 0 Å². The highest BCUT2D eigenvalue weighted by Crippen LogP contribution is 2.25. The van der Waals surface area contributed by atoms with Gasteiger partial charge >= 0.3 is 6.03 Å².